The molecule has 1 fully saturated rings. The Morgan fingerprint density at radius 2 is 1.65 bits per heavy atom. The molecule has 0 aromatic heterocycles. The maximum Gasteiger partial charge on any atom is 0.440 e. The van der Waals surface area contributed by atoms with Gasteiger partial charge in [-0.1, -0.05) is 5.59 Å². The largest absolute Gasteiger partial charge is 0.440 e. The van der Waals surface area contributed by atoms with Gasteiger partial charge in [-0.15, -0.1) is 13.7 Å². The zero-order valence-corrected chi connectivity index (χ0v) is 14.7. The van der Waals surface area contributed by atoms with Gasteiger partial charge in [0.1, 0.15) is 5.69 Å². The third kappa shape index (κ3) is 2.86. The maximum absolute atomic E-state index is 11.0. The maximum atomic E-state index is 11.0. The Kier molecular flexibility index (Phi) is 4.20. The summed E-state index contributed by atoms with van der Waals surface area (Å²) in [5, 5.41) is 0.874. The van der Waals surface area contributed by atoms with Crippen LogP contribution in [0.5, 0.6) is 0 Å². The Morgan fingerprint density at radius 3 is 2.06 bits per heavy atom. The standard InChI is InChI=1S/C6H2Br4N2O4S/c7-2-1-3(8)5(10)6(4(2)9)12-11-15-17(13,14)16-12/h1,11H. The minimum atomic E-state index is -4.06. The molecule has 1 aromatic rings. The van der Waals surface area contributed by atoms with Gasteiger partial charge < -0.3 is 0 Å². The Balaban J connectivity index is 2.53. The molecule has 0 radical (unpaired) electrons. The lowest BCUT2D eigenvalue weighted by atomic mass is 10.3. The number of hydrogen-bond acceptors (Lipinski definition) is 6. The molecule has 1 heterocycles. The first-order valence-electron chi connectivity index (χ1n) is 3.83. The first-order valence-corrected chi connectivity index (χ1v) is 8.34. The number of halogens is 4. The lowest BCUT2D eigenvalue weighted by molar-refractivity contribution is 0.197. The van der Waals surface area contributed by atoms with Crippen LogP contribution in [0.3, 0.4) is 0 Å². The Hall–Kier alpha value is 0.770. The molecule has 0 spiro atoms. The van der Waals surface area contributed by atoms with Crippen LogP contribution in [0.4, 0.5) is 5.69 Å². The monoisotopic (exact) mass is 514 g/mol. The highest BCUT2D eigenvalue weighted by Gasteiger charge is 2.32. The normalized spacial score (nSPS) is 18.7. The molecule has 0 atom stereocenters. The van der Waals surface area contributed by atoms with E-state index in [9.17, 15) is 8.42 Å². The third-order valence-corrected chi connectivity index (χ3v) is 6.21. The molecule has 1 saturated heterocycles. The molecule has 1 aromatic carbocycles. The van der Waals surface area contributed by atoms with Gasteiger partial charge in [0.25, 0.3) is 0 Å². The summed E-state index contributed by atoms with van der Waals surface area (Å²) in [6.07, 6.45) is 0. The molecule has 0 unspecified atom stereocenters. The van der Waals surface area contributed by atoms with E-state index in [0.717, 1.165) is 5.17 Å². The topological polar surface area (TPSA) is 67.9 Å². The zero-order valence-electron chi connectivity index (χ0n) is 7.58. The van der Waals surface area contributed by atoms with Crippen molar-refractivity contribution < 1.29 is 17.0 Å². The third-order valence-electron chi connectivity index (χ3n) is 1.68. The molecule has 6 nitrogen and oxygen atoms in total. The van der Waals surface area contributed by atoms with Crippen LogP contribution in [0, 0.1) is 0 Å². The Bertz CT molecular complexity index is 552. The van der Waals surface area contributed by atoms with Crippen molar-refractivity contribution in [3.05, 3.63) is 24.0 Å². The molecule has 94 valence electrons. The number of anilines is 1. The highest BCUT2D eigenvalue weighted by Crippen LogP contribution is 2.44. The van der Waals surface area contributed by atoms with Gasteiger partial charge in [0.2, 0.25) is 0 Å². The summed E-state index contributed by atoms with van der Waals surface area (Å²) in [4.78, 5) is 0. The van der Waals surface area contributed by atoms with E-state index >= 15 is 0 Å². The predicted octanol–water partition coefficient (Wildman–Crippen LogP) is 3.17. The number of nitrogens with one attached hydrogen (secondary N) is 1. The summed E-state index contributed by atoms with van der Waals surface area (Å²) in [5.41, 5.74) is 2.52. The van der Waals surface area contributed by atoms with E-state index in [0.29, 0.717) is 23.6 Å². The molecular weight excluding hydrogens is 516 g/mol. The summed E-state index contributed by atoms with van der Waals surface area (Å²) >= 11 is 13.2. The quantitative estimate of drug-likeness (QED) is 0.577. The highest BCUT2D eigenvalue weighted by molar-refractivity contribution is 9.14. The number of benzene rings is 1. The highest BCUT2D eigenvalue weighted by atomic mass is 79.9. The van der Waals surface area contributed by atoms with Crippen LogP contribution in [0.2, 0.25) is 0 Å². The first-order chi connectivity index (χ1) is 7.82. The first kappa shape index (κ1) is 14.2. The molecule has 1 aliphatic heterocycles. The lowest BCUT2D eigenvalue weighted by Gasteiger charge is -2.16. The minimum absolute atomic E-state index is 0.396. The van der Waals surface area contributed by atoms with Crippen molar-refractivity contribution in [2.24, 2.45) is 0 Å². The number of hydrogen-bond donors (Lipinski definition) is 1. The van der Waals surface area contributed by atoms with Crippen molar-refractivity contribution in [3.63, 3.8) is 0 Å². The fourth-order valence-corrected chi connectivity index (χ4v) is 3.85. The summed E-state index contributed by atoms with van der Waals surface area (Å²) in [6.45, 7) is 0. The van der Waals surface area contributed by atoms with Crippen LogP contribution in [-0.2, 0) is 19.0 Å². The van der Waals surface area contributed by atoms with Crippen molar-refractivity contribution in [1.82, 2.24) is 5.59 Å². The smallest absolute Gasteiger partial charge is 0.165 e. The van der Waals surface area contributed by atoms with Crippen molar-refractivity contribution in [3.8, 4) is 0 Å². The molecule has 0 aliphatic carbocycles. The van der Waals surface area contributed by atoms with Gasteiger partial charge in [-0.05, 0) is 69.8 Å². The molecule has 0 saturated carbocycles. The summed E-state index contributed by atoms with van der Waals surface area (Å²) in [7, 11) is -4.06. The van der Waals surface area contributed by atoms with Crippen LogP contribution in [0.15, 0.2) is 24.0 Å². The fraction of sp³-hybridized carbons (Fsp3) is 0. The lowest BCUT2D eigenvalue weighted by Crippen LogP contribution is -2.29. The summed E-state index contributed by atoms with van der Waals surface area (Å²) in [5.74, 6) is 0. The number of rotatable bonds is 1. The van der Waals surface area contributed by atoms with E-state index < -0.39 is 10.4 Å². The minimum Gasteiger partial charge on any atom is -0.165 e. The molecule has 0 bridgehead atoms. The van der Waals surface area contributed by atoms with E-state index in [4.69, 9.17) is 0 Å². The van der Waals surface area contributed by atoms with Gasteiger partial charge in [0.05, 0.1) is 8.95 Å². The van der Waals surface area contributed by atoms with Gasteiger partial charge in [-0.3, -0.25) is 0 Å². The second-order valence-corrected chi connectivity index (χ2v) is 7.20. The molecule has 0 amide bonds. The van der Waals surface area contributed by atoms with Gasteiger partial charge in [0.15, 0.2) is 0 Å². The molecule has 1 aliphatic rings. The van der Waals surface area contributed by atoms with Crippen LogP contribution >= 0.6 is 63.7 Å². The number of hydrazine groups is 1. The summed E-state index contributed by atoms with van der Waals surface area (Å²) in [6, 6.07) is 1.78. The average Bonchev–Trinajstić information content (AvgIpc) is 2.56. The molecule has 2 rings (SSSR count). The van der Waals surface area contributed by atoms with Crippen molar-refractivity contribution in [2.45, 2.75) is 0 Å². The van der Waals surface area contributed by atoms with E-state index in [-0.39, 0.29) is 0 Å². The van der Waals surface area contributed by atoms with Gasteiger partial charge in [-0.25, -0.2) is 0 Å². The predicted molar refractivity (Wildman–Crippen MR) is 73.9 cm³/mol. The van der Waals surface area contributed by atoms with E-state index in [1.54, 1.807) is 6.07 Å². The van der Waals surface area contributed by atoms with Crippen LogP contribution in [-0.4, -0.2) is 8.42 Å². The Labute approximate surface area is 130 Å². The average molecular weight is 518 g/mol. The van der Waals surface area contributed by atoms with Crippen LogP contribution in [0.1, 0.15) is 0 Å². The van der Waals surface area contributed by atoms with Crippen molar-refractivity contribution in [2.75, 3.05) is 5.17 Å². The van der Waals surface area contributed by atoms with Gasteiger partial charge in [-0.2, -0.15) is 8.42 Å². The Morgan fingerprint density at radius 1 is 1.12 bits per heavy atom. The van der Waals surface area contributed by atoms with Crippen LogP contribution in [0.25, 0.3) is 0 Å². The number of nitrogens with zero attached hydrogens (tertiary/aromatic N) is 1. The molecule has 11 heteroatoms. The van der Waals surface area contributed by atoms with E-state index in [2.05, 4.69) is 77.9 Å². The molecule has 1 N–H and O–H groups in total. The summed E-state index contributed by atoms with van der Waals surface area (Å²) < 4.78 is 33.4. The van der Waals surface area contributed by atoms with Crippen molar-refractivity contribution in [1.29, 1.82) is 0 Å². The zero-order chi connectivity index (χ0) is 12.8. The fourth-order valence-electron chi connectivity index (χ4n) is 1.02. The van der Waals surface area contributed by atoms with E-state index in [1.807, 2.05) is 0 Å². The molecular formula is C6H2Br4N2O4S. The molecule has 17 heavy (non-hydrogen) atoms. The van der Waals surface area contributed by atoms with Crippen molar-refractivity contribution >= 4 is 79.8 Å². The van der Waals surface area contributed by atoms with Crippen LogP contribution < -0.4 is 10.8 Å². The van der Waals surface area contributed by atoms with E-state index in [1.165, 1.54) is 0 Å². The second kappa shape index (κ2) is 5.04. The SMILES string of the molecule is O=S1(=O)ONN(c2c(Br)c(Br)cc(Br)c2Br)O1. The second-order valence-electron chi connectivity index (χ2n) is 2.77. The van der Waals surface area contributed by atoms with Gasteiger partial charge in [0, 0.05) is 8.95 Å². The van der Waals surface area contributed by atoms with Gasteiger partial charge >= 0.3 is 10.4 Å².